The largest absolute Gasteiger partial charge is 0.545 e. The van der Waals surface area contributed by atoms with Crippen molar-refractivity contribution in [1.82, 2.24) is 0 Å². The van der Waals surface area contributed by atoms with E-state index in [4.69, 9.17) is 4.74 Å². The highest BCUT2D eigenvalue weighted by Gasteiger charge is 2.30. The molecule has 0 aromatic heterocycles. The van der Waals surface area contributed by atoms with Crippen LogP contribution in [0.2, 0.25) is 0 Å². The maximum Gasteiger partial charge on any atom is 0.416 e. The molecule has 0 aliphatic carbocycles. The fourth-order valence-corrected chi connectivity index (χ4v) is 1.87. The number of carbonyl (C=O) groups excluding carboxylic acids is 2. The van der Waals surface area contributed by atoms with Gasteiger partial charge in [-0.3, -0.25) is 4.79 Å². The molecule has 0 heterocycles. The van der Waals surface area contributed by atoms with Crippen molar-refractivity contribution < 1.29 is 32.6 Å². The number of hydrogen-bond acceptors (Lipinski definition) is 4. The van der Waals surface area contributed by atoms with Gasteiger partial charge in [-0.2, -0.15) is 13.2 Å². The molecule has 0 bridgehead atoms. The van der Waals surface area contributed by atoms with Gasteiger partial charge in [-0.05, 0) is 30.3 Å². The van der Waals surface area contributed by atoms with Gasteiger partial charge in [-0.1, -0.05) is 18.2 Å². The normalized spacial score (nSPS) is 11.0. The van der Waals surface area contributed by atoms with Gasteiger partial charge in [0.2, 0.25) is 0 Å². The van der Waals surface area contributed by atoms with E-state index in [0.717, 1.165) is 18.2 Å². The van der Waals surface area contributed by atoms with Crippen molar-refractivity contribution in [2.24, 2.45) is 0 Å². The Kier molecular flexibility index (Phi) is 5.08. The van der Waals surface area contributed by atoms with Gasteiger partial charge < -0.3 is 20.0 Å². The maximum atomic E-state index is 12.6. The van der Waals surface area contributed by atoms with Gasteiger partial charge in [0.05, 0.1) is 11.5 Å². The summed E-state index contributed by atoms with van der Waals surface area (Å²) in [6.07, 6.45) is -4.52. The minimum absolute atomic E-state index is 0.0494. The Morgan fingerprint density at radius 2 is 1.79 bits per heavy atom. The molecule has 0 unspecified atom stereocenters. The summed E-state index contributed by atoms with van der Waals surface area (Å²) in [5.74, 6) is -2.27. The number of anilines is 1. The number of halogens is 3. The SMILES string of the molecule is O=C(COc1ccccc1C(=O)[O-])Nc1cccc(C(F)(F)F)c1. The molecular weight excluding hydrogens is 327 g/mol. The molecule has 8 heteroatoms. The molecule has 1 amide bonds. The Bertz CT molecular complexity index is 759. The van der Waals surface area contributed by atoms with Gasteiger partial charge >= 0.3 is 6.18 Å². The van der Waals surface area contributed by atoms with Crippen LogP contribution in [-0.4, -0.2) is 18.5 Å². The summed E-state index contributed by atoms with van der Waals surface area (Å²) in [7, 11) is 0. The first-order valence-electron chi connectivity index (χ1n) is 6.67. The number of ether oxygens (including phenoxy) is 1. The number of amides is 1. The summed E-state index contributed by atoms with van der Waals surface area (Å²) in [6.45, 7) is -0.569. The minimum atomic E-state index is -4.52. The van der Waals surface area contributed by atoms with Crippen LogP contribution in [0.25, 0.3) is 0 Å². The van der Waals surface area contributed by atoms with E-state index in [1.807, 2.05) is 0 Å². The lowest BCUT2D eigenvalue weighted by Crippen LogP contribution is -2.25. The molecule has 24 heavy (non-hydrogen) atoms. The number of para-hydroxylation sites is 1. The first-order valence-corrected chi connectivity index (χ1v) is 6.67. The molecule has 0 spiro atoms. The van der Waals surface area contributed by atoms with Crippen molar-refractivity contribution in [2.45, 2.75) is 6.18 Å². The summed E-state index contributed by atoms with van der Waals surface area (Å²) >= 11 is 0. The van der Waals surface area contributed by atoms with Gasteiger partial charge in [-0.25, -0.2) is 0 Å². The van der Waals surface area contributed by atoms with Gasteiger partial charge in [0.25, 0.3) is 5.91 Å². The lowest BCUT2D eigenvalue weighted by atomic mass is 10.2. The number of carboxylic acids is 1. The Morgan fingerprint density at radius 3 is 2.46 bits per heavy atom. The zero-order valence-corrected chi connectivity index (χ0v) is 12.1. The molecule has 2 rings (SSSR count). The monoisotopic (exact) mass is 338 g/mol. The highest BCUT2D eigenvalue weighted by molar-refractivity contribution is 5.92. The van der Waals surface area contributed by atoms with Crippen LogP contribution in [0.1, 0.15) is 15.9 Å². The van der Waals surface area contributed by atoms with Crippen LogP contribution in [-0.2, 0) is 11.0 Å². The predicted molar refractivity (Wildman–Crippen MR) is 76.3 cm³/mol. The summed E-state index contributed by atoms with van der Waals surface area (Å²) in [6, 6.07) is 9.66. The third-order valence-electron chi connectivity index (χ3n) is 2.94. The van der Waals surface area contributed by atoms with Crippen molar-refractivity contribution >= 4 is 17.6 Å². The number of carbonyl (C=O) groups is 2. The van der Waals surface area contributed by atoms with Gasteiger partial charge in [0.1, 0.15) is 5.75 Å². The number of aromatic carboxylic acids is 1. The van der Waals surface area contributed by atoms with Crippen LogP contribution in [0, 0.1) is 0 Å². The molecular formula is C16H11F3NO4-. The summed E-state index contributed by atoms with van der Waals surface area (Å²) in [4.78, 5) is 22.6. The highest BCUT2D eigenvalue weighted by Crippen LogP contribution is 2.30. The lowest BCUT2D eigenvalue weighted by Gasteiger charge is -2.12. The van der Waals surface area contributed by atoms with Gasteiger partial charge in [0.15, 0.2) is 6.61 Å². The quantitative estimate of drug-likeness (QED) is 0.905. The Balaban J connectivity index is 2.01. The Labute approximate surface area is 134 Å². The molecule has 0 aliphatic rings. The van der Waals surface area contributed by atoms with E-state index in [9.17, 15) is 27.9 Å². The van der Waals surface area contributed by atoms with Crippen molar-refractivity contribution in [3.8, 4) is 5.75 Å². The molecule has 0 aliphatic heterocycles. The number of hydrogen-bond donors (Lipinski definition) is 1. The van der Waals surface area contributed by atoms with E-state index < -0.39 is 30.2 Å². The van der Waals surface area contributed by atoms with Crippen molar-refractivity contribution in [3.05, 3.63) is 59.7 Å². The van der Waals surface area contributed by atoms with Crippen LogP contribution in [0.3, 0.4) is 0 Å². The molecule has 0 saturated heterocycles. The molecule has 0 fully saturated rings. The minimum Gasteiger partial charge on any atom is -0.545 e. The van der Waals surface area contributed by atoms with Gasteiger partial charge in [-0.15, -0.1) is 0 Å². The van der Waals surface area contributed by atoms with Crippen LogP contribution in [0.4, 0.5) is 18.9 Å². The average Bonchev–Trinajstić information content (AvgIpc) is 2.52. The first-order chi connectivity index (χ1) is 11.3. The highest BCUT2D eigenvalue weighted by atomic mass is 19.4. The van der Waals surface area contributed by atoms with Crippen LogP contribution >= 0.6 is 0 Å². The fourth-order valence-electron chi connectivity index (χ4n) is 1.87. The second-order valence-electron chi connectivity index (χ2n) is 4.70. The topological polar surface area (TPSA) is 78.5 Å². The van der Waals surface area contributed by atoms with E-state index in [-0.39, 0.29) is 17.0 Å². The number of nitrogens with one attached hydrogen (secondary N) is 1. The summed E-state index contributed by atoms with van der Waals surface area (Å²) in [5.41, 5.74) is -1.18. The van der Waals surface area contributed by atoms with Crippen molar-refractivity contribution in [1.29, 1.82) is 0 Å². The molecule has 1 N–H and O–H groups in total. The number of rotatable bonds is 5. The summed E-state index contributed by atoms with van der Waals surface area (Å²) < 4.78 is 42.9. The van der Waals surface area contributed by atoms with Gasteiger partial charge in [0, 0.05) is 11.3 Å². The third kappa shape index (κ3) is 4.48. The van der Waals surface area contributed by atoms with E-state index in [2.05, 4.69) is 5.32 Å². The number of alkyl halides is 3. The van der Waals surface area contributed by atoms with E-state index in [1.165, 1.54) is 30.3 Å². The second-order valence-corrected chi connectivity index (χ2v) is 4.70. The van der Waals surface area contributed by atoms with Crippen molar-refractivity contribution in [2.75, 3.05) is 11.9 Å². The molecule has 0 saturated carbocycles. The maximum absolute atomic E-state index is 12.6. The van der Waals surface area contributed by atoms with E-state index in [0.29, 0.717) is 0 Å². The average molecular weight is 338 g/mol. The molecule has 2 aromatic rings. The van der Waals surface area contributed by atoms with E-state index >= 15 is 0 Å². The molecule has 5 nitrogen and oxygen atoms in total. The lowest BCUT2D eigenvalue weighted by molar-refractivity contribution is -0.255. The smallest absolute Gasteiger partial charge is 0.416 e. The number of benzene rings is 2. The standard InChI is InChI=1S/C16H12F3NO4/c17-16(18,19)10-4-3-5-11(8-10)20-14(21)9-24-13-7-2-1-6-12(13)15(22)23/h1-8H,9H2,(H,20,21)(H,22,23)/p-1. The first kappa shape index (κ1) is 17.3. The van der Waals surface area contributed by atoms with Crippen LogP contribution in [0.15, 0.2) is 48.5 Å². The Hall–Kier alpha value is -3.03. The van der Waals surface area contributed by atoms with Crippen LogP contribution < -0.4 is 15.2 Å². The van der Waals surface area contributed by atoms with Crippen molar-refractivity contribution in [3.63, 3.8) is 0 Å². The zero-order chi connectivity index (χ0) is 17.7. The molecule has 0 atom stereocenters. The fraction of sp³-hybridized carbons (Fsp3) is 0.125. The second kappa shape index (κ2) is 7.03. The van der Waals surface area contributed by atoms with E-state index in [1.54, 1.807) is 0 Å². The third-order valence-corrected chi connectivity index (χ3v) is 2.94. The van der Waals surface area contributed by atoms with Crippen LogP contribution in [0.5, 0.6) is 5.75 Å². The zero-order valence-electron chi connectivity index (χ0n) is 12.1. The summed E-state index contributed by atoms with van der Waals surface area (Å²) in [5, 5.41) is 13.1. The predicted octanol–water partition coefficient (Wildman–Crippen LogP) is 2.09. The number of carboxylic acid groups (broad SMARTS) is 1. The molecule has 126 valence electrons. The Morgan fingerprint density at radius 1 is 1.08 bits per heavy atom. The molecule has 0 radical (unpaired) electrons. The molecule has 2 aromatic carbocycles.